The fourth-order valence-electron chi connectivity index (χ4n) is 1.97. The molecule has 3 N–H and O–H groups in total. The van der Waals surface area contributed by atoms with Crippen molar-refractivity contribution in [1.29, 1.82) is 0 Å². The Labute approximate surface area is 108 Å². The zero-order chi connectivity index (χ0) is 13.0. The lowest BCUT2D eigenvalue weighted by Crippen LogP contribution is -2.39. The number of nitrogens with one attached hydrogen (secondary N) is 1. The fourth-order valence-corrected chi connectivity index (χ4v) is 1.97. The Balaban J connectivity index is 1.92. The Kier molecular flexibility index (Phi) is 4.14. The number of nitrogens with two attached hydrogens (primary N) is 1. The van der Waals surface area contributed by atoms with Gasteiger partial charge in [-0.25, -0.2) is 0 Å². The molecule has 18 heavy (non-hydrogen) atoms. The van der Waals surface area contributed by atoms with Crippen molar-refractivity contribution >= 4 is 5.82 Å². The van der Waals surface area contributed by atoms with Crippen LogP contribution in [0.2, 0.25) is 0 Å². The third-order valence-electron chi connectivity index (χ3n) is 3.05. The molecule has 5 heteroatoms. The zero-order valence-corrected chi connectivity index (χ0v) is 11.1. The molecule has 0 aromatic carbocycles. The molecule has 0 aliphatic carbocycles. The van der Waals surface area contributed by atoms with Gasteiger partial charge < -0.3 is 15.8 Å². The SMILES string of the molecule is CC(C)(N)CNc1ccc(C2CCOCC2)nn1. The van der Waals surface area contributed by atoms with E-state index in [1.807, 2.05) is 19.9 Å². The van der Waals surface area contributed by atoms with Crippen LogP contribution in [0, 0.1) is 0 Å². The minimum absolute atomic E-state index is 0.249. The molecule has 1 saturated heterocycles. The average molecular weight is 250 g/mol. The predicted octanol–water partition coefficient (Wildman–Crippen LogP) is 1.52. The molecular weight excluding hydrogens is 228 g/mol. The van der Waals surface area contributed by atoms with E-state index in [2.05, 4.69) is 21.6 Å². The topological polar surface area (TPSA) is 73.1 Å². The van der Waals surface area contributed by atoms with Gasteiger partial charge in [-0.1, -0.05) is 0 Å². The van der Waals surface area contributed by atoms with Gasteiger partial charge in [-0.2, -0.15) is 5.10 Å². The van der Waals surface area contributed by atoms with Gasteiger partial charge in [0.25, 0.3) is 0 Å². The van der Waals surface area contributed by atoms with Crippen molar-refractivity contribution in [3.63, 3.8) is 0 Å². The minimum Gasteiger partial charge on any atom is -0.381 e. The molecule has 0 saturated carbocycles. The van der Waals surface area contributed by atoms with E-state index in [1.54, 1.807) is 0 Å². The largest absolute Gasteiger partial charge is 0.381 e. The van der Waals surface area contributed by atoms with E-state index in [1.165, 1.54) is 0 Å². The molecule has 1 aliphatic rings. The second-order valence-electron chi connectivity index (χ2n) is 5.57. The second kappa shape index (κ2) is 5.63. The number of hydrogen-bond donors (Lipinski definition) is 2. The molecule has 0 bridgehead atoms. The number of hydrogen-bond acceptors (Lipinski definition) is 5. The maximum absolute atomic E-state index is 5.91. The van der Waals surface area contributed by atoms with Crippen molar-refractivity contribution in [2.45, 2.75) is 38.1 Å². The van der Waals surface area contributed by atoms with E-state index in [0.29, 0.717) is 12.5 Å². The van der Waals surface area contributed by atoms with Gasteiger partial charge in [-0.05, 0) is 38.8 Å². The van der Waals surface area contributed by atoms with Crippen molar-refractivity contribution in [3.05, 3.63) is 17.8 Å². The normalized spacial score (nSPS) is 17.7. The first-order valence-electron chi connectivity index (χ1n) is 6.49. The average Bonchev–Trinajstić information content (AvgIpc) is 2.37. The fraction of sp³-hybridized carbons (Fsp3) is 0.692. The van der Waals surface area contributed by atoms with E-state index in [-0.39, 0.29) is 5.54 Å². The molecule has 2 rings (SSSR count). The summed E-state index contributed by atoms with van der Waals surface area (Å²) in [6.07, 6.45) is 2.08. The van der Waals surface area contributed by atoms with Crippen LogP contribution in [-0.4, -0.2) is 35.5 Å². The summed E-state index contributed by atoms with van der Waals surface area (Å²) < 4.78 is 5.35. The highest BCUT2D eigenvalue weighted by Gasteiger charge is 2.17. The van der Waals surface area contributed by atoms with Gasteiger partial charge in [0.15, 0.2) is 0 Å². The maximum Gasteiger partial charge on any atom is 0.148 e. The molecule has 1 fully saturated rings. The summed E-state index contributed by atoms with van der Waals surface area (Å²) in [7, 11) is 0. The summed E-state index contributed by atoms with van der Waals surface area (Å²) >= 11 is 0. The Hall–Kier alpha value is -1.20. The van der Waals surface area contributed by atoms with E-state index in [4.69, 9.17) is 10.5 Å². The van der Waals surface area contributed by atoms with E-state index < -0.39 is 0 Å². The predicted molar refractivity (Wildman–Crippen MR) is 71.6 cm³/mol. The zero-order valence-electron chi connectivity index (χ0n) is 11.1. The lowest BCUT2D eigenvalue weighted by atomic mass is 9.96. The summed E-state index contributed by atoms with van der Waals surface area (Å²) in [4.78, 5) is 0. The van der Waals surface area contributed by atoms with Crippen molar-refractivity contribution in [3.8, 4) is 0 Å². The number of anilines is 1. The third-order valence-corrected chi connectivity index (χ3v) is 3.05. The molecule has 0 radical (unpaired) electrons. The van der Waals surface area contributed by atoms with Gasteiger partial charge in [-0.15, -0.1) is 5.10 Å². The molecule has 0 unspecified atom stereocenters. The lowest BCUT2D eigenvalue weighted by Gasteiger charge is -2.21. The van der Waals surface area contributed by atoms with Crippen molar-refractivity contribution in [2.75, 3.05) is 25.1 Å². The Morgan fingerprint density at radius 1 is 1.33 bits per heavy atom. The van der Waals surface area contributed by atoms with Gasteiger partial charge >= 0.3 is 0 Å². The molecule has 100 valence electrons. The maximum atomic E-state index is 5.91. The Morgan fingerprint density at radius 2 is 2.06 bits per heavy atom. The van der Waals surface area contributed by atoms with Crippen LogP contribution < -0.4 is 11.1 Å². The first-order chi connectivity index (χ1) is 8.54. The molecule has 2 heterocycles. The summed E-state index contributed by atoms with van der Waals surface area (Å²) in [5.74, 6) is 1.27. The minimum atomic E-state index is -0.249. The highest BCUT2D eigenvalue weighted by atomic mass is 16.5. The number of nitrogens with zero attached hydrogens (tertiary/aromatic N) is 2. The van der Waals surface area contributed by atoms with Crippen LogP contribution in [0.15, 0.2) is 12.1 Å². The third kappa shape index (κ3) is 3.92. The van der Waals surface area contributed by atoms with Gasteiger partial charge in [-0.3, -0.25) is 0 Å². The standard InChI is InChI=1S/C13H22N4O/c1-13(2,14)9-15-12-4-3-11(16-17-12)10-5-7-18-8-6-10/h3-4,10H,5-9,14H2,1-2H3,(H,15,17). The second-order valence-corrected chi connectivity index (χ2v) is 5.57. The van der Waals surface area contributed by atoms with Crippen LogP contribution in [0.4, 0.5) is 5.82 Å². The van der Waals surface area contributed by atoms with Crippen LogP contribution in [0.1, 0.15) is 38.3 Å². The molecule has 1 aromatic rings. The monoisotopic (exact) mass is 250 g/mol. The number of rotatable bonds is 4. The van der Waals surface area contributed by atoms with Crippen LogP contribution in [0.3, 0.4) is 0 Å². The Bertz CT molecular complexity index is 366. The smallest absolute Gasteiger partial charge is 0.148 e. The molecular formula is C13H22N4O. The Morgan fingerprint density at radius 3 is 2.61 bits per heavy atom. The van der Waals surface area contributed by atoms with Crippen LogP contribution >= 0.6 is 0 Å². The van der Waals surface area contributed by atoms with Gasteiger partial charge in [0.2, 0.25) is 0 Å². The summed E-state index contributed by atoms with van der Waals surface area (Å²) in [6.45, 7) is 6.29. The molecule has 5 nitrogen and oxygen atoms in total. The van der Waals surface area contributed by atoms with Crippen molar-refractivity contribution in [2.24, 2.45) is 5.73 Å². The summed E-state index contributed by atoms with van der Waals surface area (Å²) in [6, 6.07) is 4.03. The highest BCUT2D eigenvalue weighted by Crippen LogP contribution is 2.25. The van der Waals surface area contributed by atoms with Gasteiger partial charge in [0.1, 0.15) is 5.82 Å². The summed E-state index contributed by atoms with van der Waals surface area (Å²) in [5, 5.41) is 11.7. The van der Waals surface area contributed by atoms with E-state index in [0.717, 1.165) is 37.6 Å². The van der Waals surface area contributed by atoms with Gasteiger partial charge in [0.05, 0.1) is 5.69 Å². The summed E-state index contributed by atoms with van der Waals surface area (Å²) in [5.41, 5.74) is 6.72. The van der Waals surface area contributed by atoms with Crippen molar-refractivity contribution < 1.29 is 4.74 Å². The first-order valence-corrected chi connectivity index (χ1v) is 6.49. The molecule has 0 amide bonds. The quantitative estimate of drug-likeness (QED) is 0.847. The van der Waals surface area contributed by atoms with Crippen LogP contribution in [0.25, 0.3) is 0 Å². The molecule has 0 spiro atoms. The molecule has 1 aromatic heterocycles. The number of ether oxygens (including phenoxy) is 1. The van der Waals surface area contributed by atoms with Gasteiger partial charge in [0, 0.05) is 31.2 Å². The van der Waals surface area contributed by atoms with E-state index >= 15 is 0 Å². The van der Waals surface area contributed by atoms with Crippen LogP contribution in [-0.2, 0) is 4.74 Å². The first kappa shape index (κ1) is 13.2. The molecule has 0 atom stereocenters. The lowest BCUT2D eigenvalue weighted by molar-refractivity contribution is 0.0843. The highest BCUT2D eigenvalue weighted by molar-refractivity contribution is 5.34. The van der Waals surface area contributed by atoms with E-state index in [9.17, 15) is 0 Å². The van der Waals surface area contributed by atoms with Crippen molar-refractivity contribution in [1.82, 2.24) is 10.2 Å². The van der Waals surface area contributed by atoms with Crippen LogP contribution in [0.5, 0.6) is 0 Å². The molecule has 1 aliphatic heterocycles. The number of aromatic nitrogens is 2.